The van der Waals surface area contributed by atoms with Crippen molar-refractivity contribution in [3.05, 3.63) is 70.2 Å². The number of H-pyrrole nitrogens is 1. The van der Waals surface area contributed by atoms with E-state index in [2.05, 4.69) is 57.5 Å². The number of hydrogen-bond acceptors (Lipinski definition) is 5. The van der Waals surface area contributed by atoms with Gasteiger partial charge in [-0.15, -0.1) is 21.5 Å². The zero-order valence-corrected chi connectivity index (χ0v) is 15.7. The molecule has 0 saturated heterocycles. The Labute approximate surface area is 160 Å². The van der Waals surface area contributed by atoms with Gasteiger partial charge < -0.3 is 10.3 Å². The van der Waals surface area contributed by atoms with Crippen LogP contribution in [0.15, 0.2) is 53.4 Å². The molecule has 0 fully saturated rings. The highest BCUT2D eigenvalue weighted by atomic mass is 32.1. The van der Waals surface area contributed by atoms with Crippen LogP contribution >= 0.6 is 11.3 Å². The lowest BCUT2D eigenvalue weighted by Crippen LogP contribution is -2.11. The number of anilines is 1. The number of benzene rings is 2. The molecule has 0 radical (unpaired) electrons. The Balaban J connectivity index is 1.54. The van der Waals surface area contributed by atoms with E-state index in [0.29, 0.717) is 17.2 Å². The summed E-state index contributed by atoms with van der Waals surface area (Å²) in [6, 6.07) is 13.7. The molecule has 4 rings (SSSR count). The lowest BCUT2D eigenvalue weighted by atomic mass is 10.1. The third-order valence-electron chi connectivity index (χ3n) is 4.22. The second kappa shape index (κ2) is 7.13. The van der Waals surface area contributed by atoms with E-state index in [9.17, 15) is 4.79 Å². The van der Waals surface area contributed by atoms with E-state index in [4.69, 9.17) is 0 Å². The number of amides is 1. The highest BCUT2D eigenvalue weighted by Gasteiger charge is 2.11. The van der Waals surface area contributed by atoms with Crippen LogP contribution in [0.4, 0.5) is 5.69 Å². The van der Waals surface area contributed by atoms with Crippen molar-refractivity contribution in [2.75, 3.05) is 5.32 Å². The molecule has 2 N–H and O–H groups in total. The third kappa shape index (κ3) is 3.63. The average molecular weight is 375 g/mol. The summed E-state index contributed by atoms with van der Waals surface area (Å²) in [5.41, 5.74) is 7.00. The Morgan fingerprint density at radius 3 is 2.56 bits per heavy atom. The summed E-state index contributed by atoms with van der Waals surface area (Å²) in [5.74, 6) is 1.20. The fourth-order valence-corrected chi connectivity index (χ4v) is 3.27. The maximum absolute atomic E-state index is 12.1. The van der Waals surface area contributed by atoms with Gasteiger partial charge in [0.15, 0.2) is 11.6 Å². The van der Waals surface area contributed by atoms with Gasteiger partial charge in [0.05, 0.1) is 5.51 Å². The van der Waals surface area contributed by atoms with Crippen molar-refractivity contribution >= 4 is 22.9 Å². The summed E-state index contributed by atoms with van der Waals surface area (Å²) >= 11 is 1.39. The molecule has 0 aliphatic rings. The van der Waals surface area contributed by atoms with Crippen molar-refractivity contribution in [1.82, 2.24) is 20.2 Å². The monoisotopic (exact) mass is 375 g/mol. The molecule has 2 aromatic carbocycles. The van der Waals surface area contributed by atoms with E-state index in [1.807, 2.05) is 24.3 Å². The molecular formula is C20H17N5OS. The molecule has 0 atom stereocenters. The molecule has 0 bridgehead atoms. The molecule has 4 aromatic rings. The molecule has 1 amide bonds. The first-order valence-corrected chi connectivity index (χ1v) is 9.35. The molecule has 6 nitrogen and oxygen atoms in total. The van der Waals surface area contributed by atoms with Crippen LogP contribution in [0.2, 0.25) is 0 Å². The number of hydrogen-bond donors (Lipinski definition) is 2. The SMILES string of the molecule is Cc1ccc(C)c(-c2nnc(-c3ccc(NC(=O)c4cscn4)cc3)[nH]2)c1. The van der Waals surface area contributed by atoms with Gasteiger partial charge in [-0.1, -0.05) is 17.7 Å². The Morgan fingerprint density at radius 1 is 1.04 bits per heavy atom. The summed E-state index contributed by atoms with van der Waals surface area (Å²) in [5, 5.41) is 13.1. The van der Waals surface area contributed by atoms with Crippen LogP contribution in [-0.2, 0) is 0 Å². The Bertz CT molecular complexity index is 1080. The molecule has 2 aromatic heterocycles. The first kappa shape index (κ1) is 17.1. The minimum Gasteiger partial charge on any atom is -0.321 e. The van der Waals surface area contributed by atoms with Crippen molar-refractivity contribution < 1.29 is 4.79 Å². The highest BCUT2D eigenvalue weighted by molar-refractivity contribution is 7.07. The van der Waals surface area contributed by atoms with Crippen LogP contribution in [-0.4, -0.2) is 26.1 Å². The van der Waals surface area contributed by atoms with Gasteiger partial charge in [-0.2, -0.15) is 0 Å². The fourth-order valence-electron chi connectivity index (χ4n) is 2.74. The van der Waals surface area contributed by atoms with Gasteiger partial charge in [0, 0.05) is 22.2 Å². The predicted molar refractivity (Wildman–Crippen MR) is 107 cm³/mol. The number of rotatable bonds is 4. The van der Waals surface area contributed by atoms with Gasteiger partial charge >= 0.3 is 0 Å². The number of aromatic nitrogens is 4. The van der Waals surface area contributed by atoms with E-state index in [0.717, 1.165) is 22.5 Å². The van der Waals surface area contributed by atoms with Crippen LogP contribution in [0.1, 0.15) is 21.6 Å². The standard InChI is InChI=1S/C20H17N5OS/c1-12-3-4-13(2)16(9-12)19-23-18(24-25-19)14-5-7-15(8-6-14)22-20(26)17-10-27-11-21-17/h3-11H,1-2H3,(H,22,26)(H,23,24,25). The summed E-state index contributed by atoms with van der Waals surface area (Å²) in [4.78, 5) is 19.3. The van der Waals surface area contributed by atoms with Crippen molar-refractivity contribution in [1.29, 1.82) is 0 Å². The van der Waals surface area contributed by atoms with Gasteiger partial charge in [0.25, 0.3) is 5.91 Å². The fraction of sp³-hybridized carbons (Fsp3) is 0.100. The van der Waals surface area contributed by atoms with Crippen molar-refractivity contribution in [3.8, 4) is 22.8 Å². The number of carbonyl (C=O) groups excluding carboxylic acids is 1. The van der Waals surface area contributed by atoms with E-state index in [-0.39, 0.29) is 5.91 Å². The Hall–Kier alpha value is -3.32. The second-order valence-corrected chi connectivity index (χ2v) is 6.96. The molecule has 0 saturated carbocycles. The quantitative estimate of drug-likeness (QED) is 0.551. The van der Waals surface area contributed by atoms with Gasteiger partial charge in [0.1, 0.15) is 5.69 Å². The molecule has 27 heavy (non-hydrogen) atoms. The Kier molecular flexibility index (Phi) is 4.52. The second-order valence-electron chi connectivity index (χ2n) is 6.25. The average Bonchev–Trinajstić information content (AvgIpc) is 3.36. The summed E-state index contributed by atoms with van der Waals surface area (Å²) in [6.45, 7) is 4.11. The number of thiazole rings is 1. The van der Waals surface area contributed by atoms with Crippen LogP contribution in [0.5, 0.6) is 0 Å². The third-order valence-corrected chi connectivity index (χ3v) is 4.80. The Morgan fingerprint density at radius 2 is 1.81 bits per heavy atom. The molecule has 7 heteroatoms. The van der Waals surface area contributed by atoms with Crippen molar-refractivity contribution in [2.24, 2.45) is 0 Å². The first-order chi connectivity index (χ1) is 13.1. The molecule has 2 heterocycles. The van der Waals surface area contributed by atoms with Crippen LogP contribution in [0.25, 0.3) is 22.8 Å². The van der Waals surface area contributed by atoms with Crippen molar-refractivity contribution in [2.45, 2.75) is 13.8 Å². The number of nitrogens with zero attached hydrogens (tertiary/aromatic N) is 3. The summed E-state index contributed by atoms with van der Waals surface area (Å²) in [7, 11) is 0. The minimum atomic E-state index is -0.221. The van der Waals surface area contributed by atoms with E-state index in [1.54, 1.807) is 10.9 Å². The van der Waals surface area contributed by atoms with Gasteiger partial charge in [-0.05, 0) is 49.7 Å². The van der Waals surface area contributed by atoms with Gasteiger partial charge in [-0.3, -0.25) is 4.79 Å². The maximum atomic E-state index is 12.1. The van der Waals surface area contributed by atoms with Crippen LogP contribution in [0.3, 0.4) is 0 Å². The summed E-state index contributed by atoms with van der Waals surface area (Å²) < 4.78 is 0. The number of nitrogens with one attached hydrogen (secondary N) is 2. The largest absolute Gasteiger partial charge is 0.321 e. The van der Waals surface area contributed by atoms with Crippen LogP contribution in [0, 0.1) is 13.8 Å². The molecule has 0 aliphatic carbocycles. The lowest BCUT2D eigenvalue weighted by molar-refractivity contribution is 0.102. The molecular weight excluding hydrogens is 358 g/mol. The van der Waals surface area contributed by atoms with Crippen LogP contribution < -0.4 is 5.32 Å². The number of aryl methyl sites for hydroxylation is 2. The normalized spacial score (nSPS) is 10.7. The van der Waals surface area contributed by atoms with E-state index in [1.165, 1.54) is 16.9 Å². The maximum Gasteiger partial charge on any atom is 0.275 e. The number of carbonyl (C=O) groups is 1. The first-order valence-electron chi connectivity index (χ1n) is 8.40. The van der Waals surface area contributed by atoms with Gasteiger partial charge in [0.2, 0.25) is 0 Å². The zero-order chi connectivity index (χ0) is 18.8. The number of aromatic amines is 1. The molecule has 0 aliphatic heterocycles. The molecule has 134 valence electrons. The topological polar surface area (TPSA) is 83.6 Å². The van der Waals surface area contributed by atoms with E-state index < -0.39 is 0 Å². The lowest BCUT2D eigenvalue weighted by Gasteiger charge is -2.04. The van der Waals surface area contributed by atoms with Crippen molar-refractivity contribution in [3.63, 3.8) is 0 Å². The van der Waals surface area contributed by atoms with Gasteiger partial charge in [-0.25, -0.2) is 4.98 Å². The smallest absolute Gasteiger partial charge is 0.275 e. The predicted octanol–water partition coefficient (Wildman–Crippen LogP) is 4.46. The molecule has 0 spiro atoms. The zero-order valence-electron chi connectivity index (χ0n) is 14.9. The molecule has 0 unspecified atom stereocenters. The van der Waals surface area contributed by atoms with E-state index >= 15 is 0 Å². The highest BCUT2D eigenvalue weighted by Crippen LogP contribution is 2.24. The minimum absolute atomic E-state index is 0.221. The summed E-state index contributed by atoms with van der Waals surface area (Å²) in [6.07, 6.45) is 0.